The number of aryl methyl sites for hydroxylation is 1. The molecule has 2 amide bonds. The monoisotopic (exact) mass is 365 g/mol. The Kier molecular flexibility index (Phi) is 4.50. The Morgan fingerprint density at radius 3 is 2.85 bits per heavy atom. The molecule has 0 saturated carbocycles. The molecule has 0 unspecified atom stereocenters. The van der Waals surface area contributed by atoms with Crippen LogP contribution in [0.1, 0.15) is 24.0 Å². The average Bonchev–Trinajstić information content (AvgIpc) is 3.14. The lowest BCUT2D eigenvalue weighted by Crippen LogP contribution is -2.38. The molecule has 2 aliphatic heterocycles. The van der Waals surface area contributed by atoms with Crippen molar-refractivity contribution in [2.24, 2.45) is 5.10 Å². The van der Waals surface area contributed by atoms with Crippen LogP contribution in [0.3, 0.4) is 0 Å². The Hall–Kier alpha value is -3.35. The highest BCUT2D eigenvalue weighted by atomic mass is 16.7. The summed E-state index contributed by atoms with van der Waals surface area (Å²) in [5.41, 5.74) is 2.93. The number of carbonyl (C=O) groups excluding carboxylic acids is 2. The van der Waals surface area contributed by atoms with Crippen molar-refractivity contribution in [2.75, 3.05) is 11.8 Å². The fourth-order valence-electron chi connectivity index (χ4n) is 3.01. The van der Waals surface area contributed by atoms with Crippen LogP contribution in [0.5, 0.6) is 11.5 Å². The standard InChI is InChI=1S/C20H19N3O4/c1-13-3-2-4-15(9-13)23-19(24)8-6-16(22-23)20(25)21-11-14-5-7-17-18(10-14)27-12-26-17/h2-5,7,9-10H,6,8,11-12H2,1H3,(H,21,25). The van der Waals surface area contributed by atoms with Gasteiger partial charge in [-0.25, -0.2) is 5.01 Å². The van der Waals surface area contributed by atoms with E-state index < -0.39 is 0 Å². The molecule has 7 heteroatoms. The Balaban J connectivity index is 1.46. The predicted molar refractivity (Wildman–Crippen MR) is 99.7 cm³/mol. The van der Waals surface area contributed by atoms with E-state index in [1.54, 1.807) is 0 Å². The largest absolute Gasteiger partial charge is 0.454 e. The highest BCUT2D eigenvalue weighted by molar-refractivity contribution is 6.40. The number of hydrogen-bond donors (Lipinski definition) is 1. The van der Waals surface area contributed by atoms with Gasteiger partial charge in [0.15, 0.2) is 11.5 Å². The highest BCUT2D eigenvalue weighted by Crippen LogP contribution is 2.32. The molecule has 0 aliphatic carbocycles. The number of nitrogens with zero attached hydrogens (tertiary/aromatic N) is 2. The molecular weight excluding hydrogens is 346 g/mol. The lowest BCUT2D eigenvalue weighted by atomic mass is 10.1. The topological polar surface area (TPSA) is 80.2 Å². The van der Waals surface area contributed by atoms with Crippen molar-refractivity contribution in [2.45, 2.75) is 26.3 Å². The number of hydrogen-bond acceptors (Lipinski definition) is 5. The third kappa shape index (κ3) is 3.62. The number of carbonyl (C=O) groups is 2. The van der Waals surface area contributed by atoms with Gasteiger partial charge in [-0.05, 0) is 42.3 Å². The second kappa shape index (κ2) is 7.11. The van der Waals surface area contributed by atoms with Crippen molar-refractivity contribution in [3.05, 3.63) is 53.6 Å². The van der Waals surface area contributed by atoms with Crippen molar-refractivity contribution in [1.82, 2.24) is 5.32 Å². The predicted octanol–water partition coefficient (Wildman–Crippen LogP) is 2.52. The van der Waals surface area contributed by atoms with E-state index in [1.165, 1.54) is 5.01 Å². The Bertz CT molecular complexity index is 939. The molecule has 7 nitrogen and oxygen atoms in total. The SMILES string of the molecule is Cc1cccc(N2N=C(C(=O)NCc3ccc4c(c3)OCO4)CCC2=O)c1. The maximum absolute atomic E-state index is 12.5. The van der Waals surface area contributed by atoms with Crippen LogP contribution in [0.4, 0.5) is 5.69 Å². The Labute approximate surface area is 156 Å². The number of rotatable bonds is 4. The molecule has 2 aromatic rings. The maximum Gasteiger partial charge on any atom is 0.267 e. The number of anilines is 1. The zero-order valence-electron chi connectivity index (χ0n) is 14.9. The second-order valence-corrected chi connectivity index (χ2v) is 6.46. The van der Waals surface area contributed by atoms with Crippen LogP contribution in [0.15, 0.2) is 47.6 Å². The molecule has 138 valence electrons. The van der Waals surface area contributed by atoms with E-state index in [0.29, 0.717) is 35.9 Å². The number of nitrogens with one attached hydrogen (secondary N) is 1. The third-order valence-corrected chi connectivity index (χ3v) is 4.43. The summed E-state index contributed by atoms with van der Waals surface area (Å²) in [6.45, 7) is 2.50. The summed E-state index contributed by atoms with van der Waals surface area (Å²) in [6.07, 6.45) is 0.582. The van der Waals surface area contributed by atoms with Gasteiger partial charge in [-0.1, -0.05) is 18.2 Å². The van der Waals surface area contributed by atoms with Crippen LogP contribution in [-0.4, -0.2) is 24.3 Å². The normalized spacial score (nSPS) is 15.5. The minimum atomic E-state index is -0.280. The van der Waals surface area contributed by atoms with Gasteiger partial charge in [-0.2, -0.15) is 5.10 Å². The summed E-state index contributed by atoms with van der Waals surface area (Å²) in [5, 5.41) is 8.45. The summed E-state index contributed by atoms with van der Waals surface area (Å²) in [6, 6.07) is 13.0. The molecule has 2 aliphatic rings. The fraction of sp³-hybridized carbons (Fsp3) is 0.250. The number of benzene rings is 2. The molecule has 2 heterocycles. The highest BCUT2D eigenvalue weighted by Gasteiger charge is 2.25. The fourth-order valence-corrected chi connectivity index (χ4v) is 3.01. The van der Waals surface area contributed by atoms with Gasteiger partial charge in [0, 0.05) is 19.4 Å². The van der Waals surface area contributed by atoms with E-state index in [1.807, 2.05) is 49.4 Å². The lowest BCUT2D eigenvalue weighted by molar-refractivity contribution is -0.119. The summed E-state index contributed by atoms with van der Waals surface area (Å²) < 4.78 is 10.6. The minimum Gasteiger partial charge on any atom is -0.454 e. The first-order valence-electron chi connectivity index (χ1n) is 8.74. The number of ether oxygens (including phenoxy) is 2. The van der Waals surface area contributed by atoms with Gasteiger partial charge in [0.05, 0.1) is 5.69 Å². The Morgan fingerprint density at radius 2 is 2.00 bits per heavy atom. The van der Waals surface area contributed by atoms with Gasteiger partial charge in [0.25, 0.3) is 5.91 Å². The van der Waals surface area contributed by atoms with E-state index in [4.69, 9.17) is 9.47 Å². The maximum atomic E-state index is 12.5. The molecule has 2 aromatic carbocycles. The molecule has 1 N–H and O–H groups in total. The first-order chi connectivity index (χ1) is 13.1. The van der Waals surface area contributed by atoms with E-state index in [-0.39, 0.29) is 25.0 Å². The second-order valence-electron chi connectivity index (χ2n) is 6.46. The van der Waals surface area contributed by atoms with Crippen LogP contribution in [0.25, 0.3) is 0 Å². The van der Waals surface area contributed by atoms with E-state index in [9.17, 15) is 9.59 Å². The van der Waals surface area contributed by atoms with Crippen LogP contribution >= 0.6 is 0 Å². The number of fused-ring (bicyclic) bond motifs is 1. The van der Waals surface area contributed by atoms with Crippen molar-refractivity contribution in [3.63, 3.8) is 0 Å². The Morgan fingerprint density at radius 1 is 1.15 bits per heavy atom. The van der Waals surface area contributed by atoms with E-state index in [2.05, 4.69) is 10.4 Å². The van der Waals surface area contributed by atoms with E-state index >= 15 is 0 Å². The molecule has 0 spiro atoms. The number of hydrazone groups is 1. The van der Waals surface area contributed by atoms with Crippen LogP contribution in [-0.2, 0) is 16.1 Å². The molecule has 0 atom stereocenters. The zero-order chi connectivity index (χ0) is 18.8. The summed E-state index contributed by atoms with van der Waals surface area (Å²) in [7, 11) is 0. The molecule has 0 radical (unpaired) electrons. The summed E-state index contributed by atoms with van der Waals surface area (Å²) in [4.78, 5) is 24.7. The molecular formula is C20H19N3O4. The van der Waals surface area contributed by atoms with Gasteiger partial charge in [0.1, 0.15) is 5.71 Å². The lowest BCUT2D eigenvalue weighted by Gasteiger charge is -2.23. The zero-order valence-corrected chi connectivity index (χ0v) is 14.9. The summed E-state index contributed by atoms with van der Waals surface area (Å²) in [5.74, 6) is 0.979. The van der Waals surface area contributed by atoms with E-state index in [0.717, 1.165) is 11.1 Å². The summed E-state index contributed by atoms with van der Waals surface area (Å²) >= 11 is 0. The smallest absolute Gasteiger partial charge is 0.267 e. The average molecular weight is 365 g/mol. The van der Waals surface area contributed by atoms with Crippen molar-refractivity contribution in [1.29, 1.82) is 0 Å². The van der Waals surface area contributed by atoms with Gasteiger partial charge in [-0.3, -0.25) is 9.59 Å². The molecule has 0 bridgehead atoms. The third-order valence-electron chi connectivity index (χ3n) is 4.43. The molecule has 4 rings (SSSR count). The van der Waals surface area contributed by atoms with Gasteiger partial charge in [0.2, 0.25) is 12.7 Å². The van der Waals surface area contributed by atoms with Crippen LogP contribution in [0, 0.1) is 6.92 Å². The van der Waals surface area contributed by atoms with Crippen LogP contribution in [0.2, 0.25) is 0 Å². The van der Waals surface area contributed by atoms with Gasteiger partial charge < -0.3 is 14.8 Å². The van der Waals surface area contributed by atoms with Crippen LogP contribution < -0.4 is 19.8 Å². The first-order valence-corrected chi connectivity index (χ1v) is 8.74. The van der Waals surface area contributed by atoms with Gasteiger partial charge >= 0.3 is 0 Å². The molecule has 0 fully saturated rings. The quantitative estimate of drug-likeness (QED) is 0.903. The molecule has 0 saturated heterocycles. The van der Waals surface area contributed by atoms with Crippen molar-refractivity contribution in [3.8, 4) is 11.5 Å². The molecule has 27 heavy (non-hydrogen) atoms. The molecule has 0 aromatic heterocycles. The van der Waals surface area contributed by atoms with Crippen molar-refractivity contribution >= 4 is 23.2 Å². The minimum absolute atomic E-state index is 0.118. The van der Waals surface area contributed by atoms with Gasteiger partial charge in [-0.15, -0.1) is 0 Å². The first kappa shape index (κ1) is 17.1. The van der Waals surface area contributed by atoms with Crippen molar-refractivity contribution < 1.29 is 19.1 Å². The number of amides is 2.